The van der Waals surface area contributed by atoms with Gasteiger partial charge in [-0.05, 0) is 66.4 Å². The summed E-state index contributed by atoms with van der Waals surface area (Å²) < 4.78 is 39.0. The minimum atomic E-state index is -3.85. The van der Waals surface area contributed by atoms with Crippen molar-refractivity contribution in [2.75, 3.05) is 0 Å². The summed E-state index contributed by atoms with van der Waals surface area (Å²) in [5.41, 5.74) is 2.64. The molecule has 0 bridgehead atoms. The van der Waals surface area contributed by atoms with E-state index in [0.717, 1.165) is 22.9 Å². The normalized spacial score (nSPS) is 11.8. The van der Waals surface area contributed by atoms with Gasteiger partial charge >= 0.3 is 0 Å². The third-order valence-corrected chi connectivity index (χ3v) is 6.58. The summed E-state index contributed by atoms with van der Waals surface area (Å²) in [5.74, 6) is -0.784. The molecule has 0 aliphatic rings. The SMILES string of the molecule is N#CN=C(CCc1ccc(S(=O)(=O)c2ccc(Cl)c(F)c2)cc1)Cc1ccncc1. The lowest BCUT2D eigenvalue weighted by molar-refractivity contribution is 0.591. The molecule has 0 aliphatic heterocycles. The third kappa shape index (κ3) is 5.29. The van der Waals surface area contributed by atoms with Gasteiger partial charge in [-0.25, -0.2) is 12.8 Å². The van der Waals surface area contributed by atoms with E-state index in [1.807, 2.05) is 18.3 Å². The van der Waals surface area contributed by atoms with Gasteiger partial charge in [-0.2, -0.15) is 10.3 Å². The molecule has 0 radical (unpaired) electrons. The Bertz CT molecular complexity index is 1210. The highest BCUT2D eigenvalue weighted by Gasteiger charge is 2.19. The van der Waals surface area contributed by atoms with Crippen LogP contribution in [0.5, 0.6) is 0 Å². The molecule has 0 amide bonds. The van der Waals surface area contributed by atoms with Gasteiger partial charge in [0, 0.05) is 24.5 Å². The fraction of sp³-hybridized carbons (Fsp3) is 0.136. The minimum Gasteiger partial charge on any atom is -0.265 e. The predicted molar refractivity (Wildman–Crippen MR) is 113 cm³/mol. The fourth-order valence-electron chi connectivity index (χ4n) is 2.89. The summed E-state index contributed by atoms with van der Waals surface area (Å²) in [6, 6.07) is 13.5. The maximum absolute atomic E-state index is 13.7. The number of aryl methyl sites for hydroxylation is 1. The summed E-state index contributed by atoms with van der Waals surface area (Å²) in [6.07, 6.45) is 6.91. The minimum absolute atomic E-state index is 0.0654. The largest absolute Gasteiger partial charge is 0.265 e. The number of benzene rings is 2. The van der Waals surface area contributed by atoms with Gasteiger partial charge in [0.25, 0.3) is 0 Å². The Morgan fingerprint density at radius 2 is 1.70 bits per heavy atom. The van der Waals surface area contributed by atoms with Gasteiger partial charge in [0.1, 0.15) is 5.82 Å². The highest BCUT2D eigenvalue weighted by atomic mass is 35.5. The molecule has 5 nitrogen and oxygen atoms in total. The molecule has 0 saturated heterocycles. The van der Waals surface area contributed by atoms with Gasteiger partial charge in [-0.1, -0.05) is 23.7 Å². The van der Waals surface area contributed by atoms with Gasteiger partial charge in [-0.15, -0.1) is 0 Å². The number of halogens is 2. The van der Waals surface area contributed by atoms with Crippen LogP contribution in [0, 0.1) is 17.3 Å². The van der Waals surface area contributed by atoms with Gasteiger partial charge in [0.15, 0.2) is 0 Å². The average Bonchev–Trinajstić information content (AvgIpc) is 2.75. The Kier molecular flexibility index (Phi) is 6.93. The molecule has 8 heteroatoms. The van der Waals surface area contributed by atoms with Crippen LogP contribution in [0.4, 0.5) is 4.39 Å². The molecule has 0 aliphatic carbocycles. The van der Waals surface area contributed by atoms with E-state index in [9.17, 15) is 12.8 Å². The monoisotopic (exact) mass is 441 g/mol. The Labute approximate surface area is 179 Å². The molecular formula is C22H17ClFN3O2S. The lowest BCUT2D eigenvalue weighted by Gasteiger charge is -2.08. The van der Waals surface area contributed by atoms with Crippen molar-refractivity contribution in [2.24, 2.45) is 4.99 Å². The van der Waals surface area contributed by atoms with Crippen molar-refractivity contribution < 1.29 is 12.8 Å². The van der Waals surface area contributed by atoms with Crippen LogP contribution in [0.1, 0.15) is 17.5 Å². The molecule has 152 valence electrons. The number of pyridine rings is 1. The van der Waals surface area contributed by atoms with Gasteiger partial charge in [0.05, 0.1) is 14.8 Å². The molecule has 2 aromatic carbocycles. The number of nitrogens with zero attached hydrogens (tertiary/aromatic N) is 3. The number of hydrogen-bond donors (Lipinski definition) is 0. The Balaban J connectivity index is 1.71. The first-order valence-electron chi connectivity index (χ1n) is 9.02. The first-order valence-corrected chi connectivity index (χ1v) is 10.9. The zero-order chi connectivity index (χ0) is 21.6. The molecule has 0 atom stereocenters. The number of nitriles is 1. The third-order valence-electron chi connectivity index (χ3n) is 4.50. The lowest BCUT2D eigenvalue weighted by Crippen LogP contribution is -2.06. The van der Waals surface area contributed by atoms with E-state index in [0.29, 0.717) is 19.3 Å². The van der Waals surface area contributed by atoms with E-state index < -0.39 is 15.7 Å². The molecule has 0 spiro atoms. The molecule has 3 rings (SSSR count). The van der Waals surface area contributed by atoms with Crippen molar-refractivity contribution >= 4 is 27.1 Å². The maximum Gasteiger partial charge on any atom is 0.206 e. The van der Waals surface area contributed by atoms with Crippen molar-refractivity contribution in [3.8, 4) is 6.19 Å². The van der Waals surface area contributed by atoms with Gasteiger partial charge in [-0.3, -0.25) is 4.98 Å². The van der Waals surface area contributed by atoms with Gasteiger partial charge in [0.2, 0.25) is 16.0 Å². The van der Waals surface area contributed by atoms with Crippen molar-refractivity contribution in [3.63, 3.8) is 0 Å². The second-order valence-corrected chi connectivity index (χ2v) is 8.89. The zero-order valence-electron chi connectivity index (χ0n) is 15.8. The van der Waals surface area contributed by atoms with Crippen molar-refractivity contribution in [1.29, 1.82) is 5.26 Å². The Morgan fingerprint density at radius 1 is 1.03 bits per heavy atom. The molecule has 3 aromatic rings. The van der Waals surface area contributed by atoms with Crippen molar-refractivity contribution in [2.45, 2.75) is 29.1 Å². The zero-order valence-corrected chi connectivity index (χ0v) is 17.4. The summed E-state index contributed by atoms with van der Waals surface area (Å²) in [6.45, 7) is 0. The second-order valence-electron chi connectivity index (χ2n) is 6.53. The summed E-state index contributed by atoms with van der Waals surface area (Å²) in [4.78, 5) is 7.79. The van der Waals surface area contributed by atoms with Crippen LogP contribution in [-0.4, -0.2) is 19.1 Å². The first-order chi connectivity index (χ1) is 14.4. The van der Waals surface area contributed by atoms with Crippen LogP contribution in [0.2, 0.25) is 5.02 Å². The standard InChI is InChI=1S/C22H17ClFN3O2S/c23-21-8-7-20(14-22(21)24)30(28,29)19-5-2-16(3-6-19)1-4-18(27-15-25)13-17-9-11-26-12-10-17/h2-3,5-12,14H,1,4,13H2. The maximum atomic E-state index is 13.7. The van der Waals surface area contributed by atoms with E-state index in [1.165, 1.54) is 24.3 Å². The first kappa shape index (κ1) is 21.6. The quantitative estimate of drug-likeness (QED) is 0.389. The Hall–Kier alpha value is -3.08. The number of aromatic nitrogens is 1. The predicted octanol–water partition coefficient (Wildman–Crippen LogP) is 4.80. The van der Waals surface area contributed by atoms with E-state index in [2.05, 4.69) is 9.98 Å². The van der Waals surface area contributed by atoms with E-state index in [1.54, 1.807) is 24.5 Å². The molecular weight excluding hydrogens is 425 g/mol. The molecule has 0 unspecified atom stereocenters. The molecule has 1 aromatic heterocycles. The summed E-state index contributed by atoms with van der Waals surface area (Å²) >= 11 is 5.63. The van der Waals surface area contributed by atoms with E-state index in [4.69, 9.17) is 16.9 Å². The molecule has 0 saturated carbocycles. The van der Waals surface area contributed by atoms with Gasteiger partial charge < -0.3 is 0 Å². The molecule has 1 heterocycles. The van der Waals surface area contributed by atoms with Crippen LogP contribution < -0.4 is 0 Å². The number of hydrogen-bond acceptors (Lipinski definition) is 5. The molecule has 0 N–H and O–H groups in total. The van der Waals surface area contributed by atoms with E-state index >= 15 is 0 Å². The fourth-order valence-corrected chi connectivity index (χ4v) is 4.28. The molecule has 0 fully saturated rings. The second kappa shape index (κ2) is 9.61. The van der Waals surface area contributed by atoms with Crippen molar-refractivity contribution in [1.82, 2.24) is 4.98 Å². The Morgan fingerprint density at radius 3 is 2.33 bits per heavy atom. The number of rotatable bonds is 7. The van der Waals surface area contributed by atoms with Crippen molar-refractivity contribution in [3.05, 3.63) is 89.0 Å². The summed E-state index contributed by atoms with van der Waals surface area (Å²) in [5, 5.41) is 8.80. The highest BCUT2D eigenvalue weighted by Crippen LogP contribution is 2.25. The highest BCUT2D eigenvalue weighted by molar-refractivity contribution is 7.91. The number of sulfone groups is 1. The van der Waals surface area contributed by atoms with E-state index in [-0.39, 0.29) is 14.8 Å². The van der Waals surface area contributed by atoms with Crippen LogP contribution in [0.15, 0.2) is 81.8 Å². The smallest absolute Gasteiger partial charge is 0.206 e. The molecule has 30 heavy (non-hydrogen) atoms. The van der Waals surface area contributed by atoms with Crippen LogP contribution >= 0.6 is 11.6 Å². The lowest BCUT2D eigenvalue weighted by atomic mass is 10.0. The summed E-state index contributed by atoms with van der Waals surface area (Å²) in [7, 11) is -3.85. The van der Waals surface area contributed by atoms with Crippen LogP contribution in [-0.2, 0) is 22.7 Å². The number of aliphatic imine (C=N–C) groups is 1. The average molecular weight is 442 g/mol. The van der Waals surface area contributed by atoms with Crippen LogP contribution in [0.25, 0.3) is 0 Å². The van der Waals surface area contributed by atoms with Crippen LogP contribution in [0.3, 0.4) is 0 Å². The topological polar surface area (TPSA) is 83.2 Å².